The van der Waals surface area contributed by atoms with Crippen molar-refractivity contribution in [2.24, 2.45) is 5.92 Å². The van der Waals surface area contributed by atoms with Crippen molar-refractivity contribution < 1.29 is 27.8 Å². The Kier molecular flexibility index (Phi) is 7.62. The monoisotopic (exact) mass is 476 g/mol. The molecule has 1 heterocycles. The SMILES string of the molecule is C/C=C/c1cc(C)cc(C)c1C1=C(O)CC(C(C)CSc2ccc(C(F)(F)F)cc2)OC1=O. The summed E-state index contributed by atoms with van der Waals surface area (Å²) in [6.45, 7) is 7.66. The Hall–Kier alpha value is -2.67. The molecule has 176 valence electrons. The second-order valence-electron chi connectivity index (χ2n) is 8.33. The zero-order chi connectivity index (χ0) is 24.3. The summed E-state index contributed by atoms with van der Waals surface area (Å²) in [5.41, 5.74) is 2.96. The van der Waals surface area contributed by atoms with Gasteiger partial charge in [-0.25, -0.2) is 4.79 Å². The van der Waals surface area contributed by atoms with Gasteiger partial charge in [-0.3, -0.25) is 0 Å². The summed E-state index contributed by atoms with van der Waals surface area (Å²) in [5, 5.41) is 10.8. The molecule has 2 aromatic carbocycles. The molecule has 0 saturated heterocycles. The summed E-state index contributed by atoms with van der Waals surface area (Å²) >= 11 is 1.39. The molecule has 2 aromatic rings. The molecule has 2 atom stereocenters. The molecule has 3 rings (SSSR count). The van der Waals surface area contributed by atoms with E-state index in [2.05, 4.69) is 0 Å². The fourth-order valence-corrected chi connectivity index (χ4v) is 4.94. The lowest BCUT2D eigenvalue weighted by Crippen LogP contribution is -2.32. The molecule has 2 unspecified atom stereocenters. The first-order valence-corrected chi connectivity index (χ1v) is 11.7. The van der Waals surface area contributed by atoms with Gasteiger partial charge in [-0.1, -0.05) is 36.8 Å². The van der Waals surface area contributed by atoms with Gasteiger partial charge in [-0.2, -0.15) is 13.2 Å². The molecule has 0 aliphatic carbocycles. The van der Waals surface area contributed by atoms with Crippen LogP contribution in [0.15, 0.2) is 53.1 Å². The number of hydrogen-bond donors (Lipinski definition) is 1. The third-order valence-corrected chi connectivity index (χ3v) is 6.88. The minimum atomic E-state index is -4.36. The van der Waals surface area contributed by atoms with Crippen molar-refractivity contribution in [1.29, 1.82) is 0 Å². The van der Waals surface area contributed by atoms with Crippen LogP contribution in [-0.4, -0.2) is 22.9 Å². The van der Waals surface area contributed by atoms with Gasteiger partial charge in [0.15, 0.2) is 0 Å². The maximum absolute atomic E-state index is 12.9. The average molecular weight is 477 g/mol. The third kappa shape index (κ3) is 5.82. The number of cyclic esters (lactones) is 1. The van der Waals surface area contributed by atoms with E-state index < -0.39 is 23.8 Å². The van der Waals surface area contributed by atoms with Crippen molar-refractivity contribution in [2.45, 2.75) is 51.3 Å². The molecular weight excluding hydrogens is 449 g/mol. The molecule has 1 aliphatic heterocycles. The number of aliphatic hydroxyl groups is 1. The first-order chi connectivity index (χ1) is 15.5. The van der Waals surface area contributed by atoms with E-state index in [4.69, 9.17) is 4.74 Å². The van der Waals surface area contributed by atoms with Crippen LogP contribution in [0.1, 0.15) is 48.1 Å². The second kappa shape index (κ2) is 10.1. The van der Waals surface area contributed by atoms with Crippen LogP contribution in [0.25, 0.3) is 11.6 Å². The van der Waals surface area contributed by atoms with E-state index >= 15 is 0 Å². The number of allylic oxidation sites excluding steroid dienone is 1. The van der Waals surface area contributed by atoms with Gasteiger partial charge in [0.25, 0.3) is 0 Å². The van der Waals surface area contributed by atoms with E-state index in [0.717, 1.165) is 28.8 Å². The van der Waals surface area contributed by atoms with Gasteiger partial charge in [0, 0.05) is 28.6 Å². The van der Waals surface area contributed by atoms with Crippen LogP contribution in [0.4, 0.5) is 13.2 Å². The highest BCUT2D eigenvalue weighted by molar-refractivity contribution is 7.99. The first kappa shape index (κ1) is 25.0. The van der Waals surface area contributed by atoms with Crippen molar-refractivity contribution in [3.8, 4) is 0 Å². The number of hydrogen-bond acceptors (Lipinski definition) is 4. The van der Waals surface area contributed by atoms with Crippen LogP contribution < -0.4 is 0 Å². The van der Waals surface area contributed by atoms with Gasteiger partial charge in [0.05, 0.1) is 5.56 Å². The summed E-state index contributed by atoms with van der Waals surface area (Å²) in [5.74, 6) is -0.147. The predicted molar refractivity (Wildman–Crippen MR) is 126 cm³/mol. The smallest absolute Gasteiger partial charge is 0.416 e. The fraction of sp³-hybridized carbons (Fsp3) is 0.346. The van der Waals surface area contributed by atoms with Crippen LogP contribution in [0.2, 0.25) is 0 Å². The first-order valence-electron chi connectivity index (χ1n) is 10.7. The molecule has 0 radical (unpaired) electrons. The summed E-state index contributed by atoms with van der Waals surface area (Å²) in [7, 11) is 0. The lowest BCUT2D eigenvalue weighted by Gasteiger charge is -2.29. The lowest BCUT2D eigenvalue weighted by atomic mass is 9.88. The molecule has 0 fully saturated rings. The van der Waals surface area contributed by atoms with Crippen molar-refractivity contribution in [2.75, 3.05) is 5.75 Å². The highest BCUT2D eigenvalue weighted by atomic mass is 32.2. The predicted octanol–water partition coefficient (Wildman–Crippen LogP) is 7.37. The Bertz CT molecular complexity index is 1090. The van der Waals surface area contributed by atoms with Gasteiger partial charge in [-0.05, 0) is 56.2 Å². The Labute approximate surface area is 196 Å². The lowest BCUT2D eigenvalue weighted by molar-refractivity contribution is -0.145. The largest absolute Gasteiger partial charge is 0.511 e. The van der Waals surface area contributed by atoms with E-state index in [-0.39, 0.29) is 23.7 Å². The standard InChI is InChI=1S/C26H27F3O3S/c1-5-6-18-12-15(2)11-16(3)23(18)24-21(30)13-22(32-25(24)31)17(4)14-33-20-9-7-19(8-10-20)26(27,28)29/h5-12,17,22,30H,13-14H2,1-4H3/b6-5+. The number of benzene rings is 2. The minimum Gasteiger partial charge on any atom is -0.511 e. The molecule has 0 amide bonds. The van der Waals surface area contributed by atoms with E-state index in [1.165, 1.54) is 23.9 Å². The second-order valence-corrected chi connectivity index (χ2v) is 9.42. The summed E-state index contributed by atoms with van der Waals surface area (Å²) in [6.07, 6.45) is -0.903. The Morgan fingerprint density at radius 3 is 2.45 bits per heavy atom. The zero-order valence-corrected chi connectivity index (χ0v) is 19.8. The number of halogens is 3. The van der Waals surface area contributed by atoms with Gasteiger partial charge in [-0.15, -0.1) is 11.8 Å². The Morgan fingerprint density at radius 1 is 1.21 bits per heavy atom. The topological polar surface area (TPSA) is 46.5 Å². The Balaban J connectivity index is 1.75. The molecule has 0 spiro atoms. The van der Waals surface area contributed by atoms with Crippen molar-refractivity contribution >= 4 is 29.4 Å². The van der Waals surface area contributed by atoms with Crippen molar-refractivity contribution in [3.63, 3.8) is 0 Å². The molecule has 1 aliphatic rings. The minimum absolute atomic E-state index is 0.000311. The molecular formula is C26H27F3O3S. The molecule has 0 bridgehead atoms. The number of carbonyl (C=O) groups excluding carboxylic acids is 1. The molecule has 1 N–H and O–H groups in total. The number of thioether (sulfide) groups is 1. The van der Waals surface area contributed by atoms with Crippen molar-refractivity contribution in [3.05, 3.63) is 76.1 Å². The molecule has 3 nitrogen and oxygen atoms in total. The molecule has 33 heavy (non-hydrogen) atoms. The van der Waals surface area contributed by atoms with Gasteiger partial charge in [0.1, 0.15) is 17.4 Å². The van der Waals surface area contributed by atoms with Crippen LogP contribution in [0.3, 0.4) is 0 Å². The fourth-order valence-electron chi connectivity index (χ4n) is 3.94. The number of esters is 1. The van der Waals surface area contributed by atoms with Crippen molar-refractivity contribution in [1.82, 2.24) is 0 Å². The maximum Gasteiger partial charge on any atom is 0.416 e. The van der Waals surface area contributed by atoms with E-state index in [9.17, 15) is 23.1 Å². The van der Waals surface area contributed by atoms with E-state index in [1.807, 2.05) is 52.0 Å². The zero-order valence-electron chi connectivity index (χ0n) is 19.0. The number of carbonyl (C=O) groups is 1. The quantitative estimate of drug-likeness (QED) is 0.349. The van der Waals surface area contributed by atoms with Gasteiger partial charge in [0.2, 0.25) is 0 Å². The number of alkyl halides is 3. The van der Waals surface area contributed by atoms with Crippen LogP contribution >= 0.6 is 11.8 Å². The molecule has 7 heteroatoms. The summed E-state index contributed by atoms with van der Waals surface area (Å²) in [4.78, 5) is 13.6. The summed E-state index contributed by atoms with van der Waals surface area (Å²) in [6, 6.07) is 8.91. The number of aliphatic hydroxyl groups excluding tert-OH is 1. The Morgan fingerprint density at radius 2 is 1.88 bits per heavy atom. The highest BCUT2D eigenvalue weighted by Gasteiger charge is 2.35. The van der Waals surface area contributed by atoms with Crippen LogP contribution in [0.5, 0.6) is 0 Å². The third-order valence-electron chi connectivity index (χ3n) is 5.58. The van der Waals surface area contributed by atoms with E-state index in [1.54, 1.807) is 0 Å². The van der Waals surface area contributed by atoms with Gasteiger partial charge < -0.3 is 9.84 Å². The van der Waals surface area contributed by atoms with Crippen LogP contribution in [-0.2, 0) is 15.7 Å². The average Bonchev–Trinajstić information content (AvgIpc) is 2.73. The van der Waals surface area contributed by atoms with Crippen LogP contribution in [0, 0.1) is 19.8 Å². The number of ether oxygens (including phenoxy) is 1. The highest BCUT2D eigenvalue weighted by Crippen LogP contribution is 2.37. The summed E-state index contributed by atoms with van der Waals surface area (Å²) < 4.78 is 43.9. The van der Waals surface area contributed by atoms with E-state index in [0.29, 0.717) is 16.2 Å². The number of aryl methyl sites for hydroxylation is 2. The molecule has 0 aromatic heterocycles. The van der Waals surface area contributed by atoms with Gasteiger partial charge >= 0.3 is 12.1 Å². The molecule has 0 saturated carbocycles. The normalized spacial score (nSPS) is 18.0. The number of rotatable bonds is 6. The maximum atomic E-state index is 12.9.